The minimum Gasteiger partial charge on any atom is -0.383 e. The Morgan fingerprint density at radius 3 is 2.75 bits per heavy atom. The molecule has 0 aliphatic carbocycles. The smallest absolute Gasteiger partial charge is 0.254 e. The standard InChI is InChI=1S/C15H16FN3O/c1-11(9-18-12-5-3-2-4-6-12)19-15(20)13-7-8-17-10-14(13)16/h2-8,10-11,18H,9H2,1H3,(H,19,20)/t11-/m1/s1. The van der Waals surface area contributed by atoms with Crippen LogP contribution in [-0.4, -0.2) is 23.5 Å². The number of anilines is 1. The van der Waals surface area contributed by atoms with Crippen molar-refractivity contribution in [3.8, 4) is 0 Å². The van der Waals surface area contributed by atoms with Crippen molar-refractivity contribution in [3.63, 3.8) is 0 Å². The number of aromatic nitrogens is 1. The van der Waals surface area contributed by atoms with Gasteiger partial charge in [0.05, 0.1) is 11.8 Å². The Morgan fingerprint density at radius 1 is 1.30 bits per heavy atom. The molecule has 0 unspecified atom stereocenters. The summed E-state index contributed by atoms with van der Waals surface area (Å²) in [5.41, 5.74) is 0.982. The summed E-state index contributed by atoms with van der Waals surface area (Å²) in [6, 6.07) is 10.9. The van der Waals surface area contributed by atoms with Crippen LogP contribution in [0.2, 0.25) is 0 Å². The van der Waals surface area contributed by atoms with Crippen LogP contribution in [-0.2, 0) is 0 Å². The summed E-state index contributed by atoms with van der Waals surface area (Å²) in [5, 5.41) is 5.93. The van der Waals surface area contributed by atoms with Crippen LogP contribution in [0.25, 0.3) is 0 Å². The average molecular weight is 273 g/mol. The first kappa shape index (κ1) is 14.0. The lowest BCUT2D eigenvalue weighted by Gasteiger charge is -2.15. The van der Waals surface area contributed by atoms with Gasteiger partial charge in [0.2, 0.25) is 0 Å². The first-order chi connectivity index (χ1) is 9.66. The molecular weight excluding hydrogens is 257 g/mol. The predicted molar refractivity (Wildman–Crippen MR) is 76.1 cm³/mol. The molecule has 2 aromatic rings. The normalized spacial score (nSPS) is 11.7. The number of para-hydroxylation sites is 1. The number of pyridine rings is 1. The van der Waals surface area contributed by atoms with Crippen molar-refractivity contribution in [1.29, 1.82) is 0 Å². The van der Waals surface area contributed by atoms with E-state index in [2.05, 4.69) is 15.6 Å². The number of nitrogens with one attached hydrogen (secondary N) is 2. The van der Waals surface area contributed by atoms with Crippen LogP contribution in [0.4, 0.5) is 10.1 Å². The SMILES string of the molecule is C[C@H](CNc1ccccc1)NC(=O)c1ccncc1F. The molecule has 0 saturated carbocycles. The molecule has 0 spiro atoms. The molecular formula is C15H16FN3O. The average Bonchev–Trinajstić information content (AvgIpc) is 2.46. The van der Waals surface area contributed by atoms with Gasteiger partial charge in [-0.2, -0.15) is 0 Å². The molecule has 1 aromatic carbocycles. The van der Waals surface area contributed by atoms with E-state index in [0.717, 1.165) is 11.9 Å². The van der Waals surface area contributed by atoms with E-state index in [0.29, 0.717) is 6.54 Å². The summed E-state index contributed by atoms with van der Waals surface area (Å²) >= 11 is 0. The third-order valence-corrected chi connectivity index (χ3v) is 2.78. The molecule has 0 aliphatic rings. The Hall–Kier alpha value is -2.43. The van der Waals surface area contributed by atoms with Gasteiger partial charge in [0, 0.05) is 24.5 Å². The zero-order valence-electron chi connectivity index (χ0n) is 11.1. The Balaban J connectivity index is 1.87. The molecule has 2 rings (SSSR count). The summed E-state index contributed by atoms with van der Waals surface area (Å²) in [5.74, 6) is -1.06. The highest BCUT2D eigenvalue weighted by atomic mass is 19.1. The molecule has 1 aromatic heterocycles. The number of halogens is 1. The molecule has 0 radical (unpaired) electrons. The van der Waals surface area contributed by atoms with Crippen molar-refractivity contribution >= 4 is 11.6 Å². The van der Waals surface area contributed by atoms with E-state index in [1.54, 1.807) is 0 Å². The van der Waals surface area contributed by atoms with Gasteiger partial charge in [-0.1, -0.05) is 18.2 Å². The number of rotatable bonds is 5. The molecule has 0 saturated heterocycles. The van der Waals surface area contributed by atoms with Gasteiger partial charge < -0.3 is 10.6 Å². The summed E-state index contributed by atoms with van der Waals surface area (Å²) < 4.78 is 13.4. The lowest BCUT2D eigenvalue weighted by Crippen LogP contribution is -2.37. The number of hydrogen-bond donors (Lipinski definition) is 2. The molecule has 1 atom stereocenters. The number of carbonyl (C=O) groups is 1. The topological polar surface area (TPSA) is 54.0 Å². The van der Waals surface area contributed by atoms with E-state index in [4.69, 9.17) is 0 Å². The number of benzene rings is 1. The zero-order chi connectivity index (χ0) is 14.4. The second-order valence-corrected chi connectivity index (χ2v) is 4.48. The van der Waals surface area contributed by atoms with Gasteiger partial charge in [0.1, 0.15) is 0 Å². The van der Waals surface area contributed by atoms with E-state index in [1.807, 2.05) is 37.3 Å². The molecule has 0 aliphatic heterocycles. The first-order valence-corrected chi connectivity index (χ1v) is 6.36. The molecule has 104 valence electrons. The molecule has 0 fully saturated rings. The maximum Gasteiger partial charge on any atom is 0.254 e. The lowest BCUT2D eigenvalue weighted by molar-refractivity contribution is 0.0938. The van der Waals surface area contributed by atoms with Gasteiger partial charge in [-0.25, -0.2) is 4.39 Å². The van der Waals surface area contributed by atoms with Crippen LogP contribution in [0.15, 0.2) is 48.8 Å². The van der Waals surface area contributed by atoms with Gasteiger partial charge in [-0.15, -0.1) is 0 Å². The molecule has 5 heteroatoms. The Labute approximate surface area is 117 Å². The van der Waals surface area contributed by atoms with Gasteiger partial charge in [0.25, 0.3) is 5.91 Å². The van der Waals surface area contributed by atoms with E-state index >= 15 is 0 Å². The van der Waals surface area contributed by atoms with Gasteiger partial charge in [-0.05, 0) is 25.1 Å². The monoisotopic (exact) mass is 273 g/mol. The largest absolute Gasteiger partial charge is 0.383 e. The lowest BCUT2D eigenvalue weighted by atomic mass is 10.2. The summed E-state index contributed by atoms with van der Waals surface area (Å²) in [7, 11) is 0. The van der Waals surface area contributed by atoms with Crippen LogP contribution in [0.5, 0.6) is 0 Å². The Morgan fingerprint density at radius 2 is 2.05 bits per heavy atom. The van der Waals surface area contributed by atoms with Gasteiger partial charge in [0.15, 0.2) is 5.82 Å². The third-order valence-electron chi connectivity index (χ3n) is 2.78. The number of hydrogen-bond acceptors (Lipinski definition) is 3. The number of nitrogens with zero attached hydrogens (tertiary/aromatic N) is 1. The molecule has 1 amide bonds. The first-order valence-electron chi connectivity index (χ1n) is 6.36. The summed E-state index contributed by atoms with van der Waals surface area (Å²) in [6.07, 6.45) is 2.42. The van der Waals surface area contributed by atoms with Crippen molar-refractivity contribution < 1.29 is 9.18 Å². The van der Waals surface area contributed by atoms with Crippen LogP contribution in [0, 0.1) is 5.82 Å². The van der Waals surface area contributed by atoms with Crippen LogP contribution < -0.4 is 10.6 Å². The predicted octanol–water partition coefficient (Wildman–Crippen LogP) is 2.45. The quantitative estimate of drug-likeness (QED) is 0.879. The second-order valence-electron chi connectivity index (χ2n) is 4.48. The van der Waals surface area contributed by atoms with Crippen molar-refractivity contribution in [1.82, 2.24) is 10.3 Å². The van der Waals surface area contributed by atoms with Crippen molar-refractivity contribution in [2.24, 2.45) is 0 Å². The van der Waals surface area contributed by atoms with Crippen molar-refractivity contribution in [2.45, 2.75) is 13.0 Å². The highest BCUT2D eigenvalue weighted by molar-refractivity contribution is 5.94. The summed E-state index contributed by atoms with van der Waals surface area (Å²) in [6.45, 7) is 2.41. The maximum atomic E-state index is 13.4. The highest BCUT2D eigenvalue weighted by Gasteiger charge is 2.13. The molecule has 0 bridgehead atoms. The minimum atomic E-state index is -0.617. The fourth-order valence-corrected chi connectivity index (χ4v) is 1.74. The maximum absolute atomic E-state index is 13.4. The van der Waals surface area contributed by atoms with Crippen molar-refractivity contribution in [2.75, 3.05) is 11.9 Å². The highest BCUT2D eigenvalue weighted by Crippen LogP contribution is 2.06. The van der Waals surface area contributed by atoms with Gasteiger partial charge in [-0.3, -0.25) is 9.78 Å². The molecule has 1 heterocycles. The van der Waals surface area contributed by atoms with E-state index < -0.39 is 11.7 Å². The zero-order valence-corrected chi connectivity index (χ0v) is 11.1. The minimum absolute atomic E-state index is 0.00608. The molecule has 20 heavy (non-hydrogen) atoms. The second kappa shape index (κ2) is 6.65. The van der Waals surface area contributed by atoms with E-state index in [-0.39, 0.29) is 11.6 Å². The summed E-state index contributed by atoms with van der Waals surface area (Å²) in [4.78, 5) is 15.5. The fraction of sp³-hybridized carbons (Fsp3) is 0.200. The fourth-order valence-electron chi connectivity index (χ4n) is 1.74. The molecule has 4 nitrogen and oxygen atoms in total. The molecule has 2 N–H and O–H groups in total. The number of carbonyl (C=O) groups excluding carboxylic acids is 1. The van der Waals surface area contributed by atoms with Crippen molar-refractivity contribution in [3.05, 3.63) is 60.2 Å². The van der Waals surface area contributed by atoms with Crippen LogP contribution >= 0.6 is 0 Å². The Bertz CT molecular complexity index is 574. The van der Waals surface area contributed by atoms with Crippen LogP contribution in [0.1, 0.15) is 17.3 Å². The Kier molecular flexibility index (Phi) is 4.65. The third kappa shape index (κ3) is 3.78. The van der Waals surface area contributed by atoms with E-state index in [9.17, 15) is 9.18 Å². The van der Waals surface area contributed by atoms with Gasteiger partial charge >= 0.3 is 0 Å². The number of amides is 1. The van der Waals surface area contributed by atoms with Crippen LogP contribution in [0.3, 0.4) is 0 Å². The van der Waals surface area contributed by atoms with E-state index in [1.165, 1.54) is 12.3 Å².